The van der Waals surface area contributed by atoms with Crippen LogP contribution in [0.2, 0.25) is 5.02 Å². The number of methoxy groups -OCH3 is 1. The Morgan fingerprint density at radius 3 is 2.56 bits per heavy atom. The average molecular weight is 369 g/mol. The quantitative estimate of drug-likeness (QED) is 0.748. The van der Waals surface area contributed by atoms with Crippen molar-refractivity contribution in [1.29, 1.82) is 0 Å². The van der Waals surface area contributed by atoms with Crippen LogP contribution in [0.3, 0.4) is 0 Å². The van der Waals surface area contributed by atoms with Crippen LogP contribution in [-0.4, -0.2) is 29.4 Å². The molecule has 0 aliphatic carbocycles. The van der Waals surface area contributed by atoms with Crippen molar-refractivity contribution in [3.05, 3.63) is 63.9 Å². The van der Waals surface area contributed by atoms with Crippen LogP contribution in [0.25, 0.3) is 0 Å². The van der Waals surface area contributed by atoms with E-state index in [0.29, 0.717) is 27.5 Å². The molecule has 1 unspecified atom stereocenters. The first kappa shape index (κ1) is 19.2. The smallest absolute Gasteiger partial charge is 0.332 e. The third-order valence-electron chi connectivity index (χ3n) is 3.59. The minimum absolute atomic E-state index is 0.0296. The summed E-state index contributed by atoms with van der Waals surface area (Å²) >= 11 is 5.71. The molecule has 0 radical (unpaired) electrons. The van der Waals surface area contributed by atoms with E-state index in [0.717, 1.165) is 0 Å². The van der Waals surface area contributed by atoms with Crippen LogP contribution >= 0.6 is 11.6 Å². The molecule has 0 bridgehead atoms. The van der Waals surface area contributed by atoms with Gasteiger partial charge in [0.15, 0.2) is 6.10 Å². The Balaban J connectivity index is 2.05. The standard InChI is InChI=1S/C18H18ClFO5/c1-24-17-5-2-11(7-16(21)18(22)23)6-13(17)10-25-9-12-3-4-14(19)8-15(12)20/h2-6,8,16,21H,7,9-10H2,1H3,(H,22,23). The van der Waals surface area contributed by atoms with Crippen LogP contribution in [0.4, 0.5) is 4.39 Å². The fraction of sp³-hybridized carbons (Fsp3) is 0.278. The molecule has 2 N–H and O–H groups in total. The maximum absolute atomic E-state index is 13.7. The number of hydrogen-bond acceptors (Lipinski definition) is 4. The van der Waals surface area contributed by atoms with Crippen LogP contribution in [0, 0.1) is 5.82 Å². The minimum Gasteiger partial charge on any atom is -0.496 e. The van der Waals surface area contributed by atoms with Crippen molar-refractivity contribution in [1.82, 2.24) is 0 Å². The highest BCUT2D eigenvalue weighted by atomic mass is 35.5. The maximum Gasteiger partial charge on any atom is 0.332 e. The van der Waals surface area contributed by atoms with Gasteiger partial charge in [0, 0.05) is 22.6 Å². The zero-order valence-corrected chi connectivity index (χ0v) is 14.3. The molecule has 0 saturated heterocycles. The largest absolute Gasteiger partial charge is 0.496 e. The predicted octanol–water partition coefficient (Wildman–Crippen LogP) is 3.19. The van der Waals surface area contributed by atoms with Gasteiger partial charge in [-0.05, 0) is 29.8 Å². The number of aliphatic hydroxyl groups excluding tert-OH is 1. The molecule has 0 fully saturated rings. The number of hydrogen-bond donors (Lipinski definition) is 2. The fourth-order valence-corrected chi connectivity index (χ4v) is 2.45. The number of aliphatic carboxylic acids is 1. The topological polar surface area (TPSA) is 76.0 Å². The Morgan fingerprint density at radius 1 is 1.20 bits per heavy atom. The van der Waals surface area contributed by atoms with Gasteiger partial charge < -0.3 is 19.7 Å². The number of carbonyl (C=O) groups is 1. The zero-order valence-electron chi connectivity index (χ0n) is 13.5. The number of carboxylic acids is 1. The lowest BCUT2D eigenvalue weighted by Gasteiger charge is -2.13. The Kier molecular flexibility index (Phi) is 6.75. The van der Waals surface area contributed by atoms with Crippen molar-refractivity contribution in [2.75, 3.05) is 7.11 Å². The van der Waals surface area contributed by atoms with E-state index >= 15 is 0 Å². The highest BCUT2D eigenvalue weighted by molar-refractivity contribution is 6.30. The van der Waals surface area contributed by atoms with E-state index in [1.54, 1.807) is 30.3 Å². The van der Waals surface area contributed by atoms with E-state index in [1.165, 1.54) is 13.2 Å². The van der Waals surface area contributed by atoms with Crippen molar-refractivity contribution >= 4 is 17.6 Å². The van der Waals surface area contributed by atoms with Crippen molar-refractivity contribution in [3.63, 3.8) is 0 Å². The van der Waals surface area contributed by atoms with Gasteiger partial charge in [-0.3, -0.25) is 0 Å². The molecule has 1 atom stereocenters. The second kappa shape index (κ2) is 8.80. The van der Waals surface area contributed by atoms with E-state index < -0.39 is 17.9 Å². The molecule has 134 valence electrons. The minimum atomic E-state index is -1.48. The Morgan fingerprint density at radius 2 is 1.92 bits per heavy atom. The molecule has 0 saturated carbocycles. The summed E-state index contributed by atoms with van der Waals surface area (Å²) in [6.45, 7) is 0.191. The lowest BCUT2D eigenvalue weighted by atomic mass is 10.0. The van der Waals surface area contributed by atoms with Gasteiger partial charge in [-0.15, -0.1) is 0 Å². The molecular weight excluding hydrogens is 351 g/mol. The molecule has 0 amide bonds. The molecule has 0 aromatic heterocycles. The van der Waals surface area contributed by atoms with Crippen molar-refractivity contribution in [2.45, 2.75) is 25.7 Å². The summed E-state index contributed by atoms with van der Waals surface area (Å²) in [6, 6.07) is 9.39. The summed E-state index contributed by atoms with van der Waals surface area (Å²) in [5, 5.41) is 18.6. The molecule has 5 nitrogen and oxygen atoms in total. The van der Waals surface area contributed by atoms with Gasteiger partial charge in [0.25, 0.3) is 0 Å². The summed E-state index contributed by atoms with van der Waals surface area (Å²) in [7, 11) is 1.50. The maximum atomic E-state index is 13.7. The van der Waals surface area contributed by atoms with E-state index in [1.807, 2.05) is 0 Å². The molecule has 2 rings (SSSR count). The number of aliphatic hydroxyl groups is 1. The number of benzene rings is 2. The van der Waals surface area contributed by atoms with Gasteiger partial charge in [-0.2, -0.15) is 0 Å². The van der Waals surface area contributed by atoms with Crippen molar-refractivity contribution < 1.29 is 28.9 Å². The van der Waals surface area contributed by atoms with Crippen LogP contribution in [0.5, 0.6) is 5.75 Å². The second-order valence-electron chi connectivity index (χ2n) is 5.43. The lowest BCUT2D eigenvalue weighted by molar-refractivity contribution is -0.146. The highest BCUT2D eigenvalue weighted by Crippen LogP contribution is 2.23. The van der Waals surface area contributed by atoms with Crippen molar-refractivity contribution in [3.8, 4) is 5.75 Å². The van der Waals surface area contributed by atoms with E-state index in [-0.39, 0.29) is 19.6 Å². The van der Waals surface area contributed by atoms with Crippen LogP contribution in [0.15, 0.2) is 36.4 Å². The molecule has 2 aromatic rings. The summed E-state index contributed by atoms with van der Waals surface area (Å²) in [5.74, 6) is -1.17. The first-order chi connectivity index (χ1) is 11.9. The van der Waals surface area contributed by atoms with Crippen LogP contribution in [0.1, 0.15) is 16.7 Å². The van der Waals surface area contributed by atoms with Gasteiger partial charge in [0.2, 0.25) is 0 Å². The second-order valence-corrected chi connectivity index (χ2v) is 5.87. The number of halogens is 2. The number of carboxylic acid groups (broad SMARTS) is 1. The molecule has 0 heterocycles. The first-order valence-corrected chi connectivity index (χ1v) is 7.87. The zero-order chi connectivity index (χ0) is 18.4. The van der Waals surface area contributed by atoms with Crippen LogP contribution in [-0.2, 0) is 29.2 Å². The summed E-state index contributed by atoms with van der Waals surface area (Å²) < 4.78 is 24.5. The fourth-order valence-electron chi connectivity index (χ4n) is 2.29. The van der Waals surface area contributed by atoms with E-state index in [9.17, 15) is 14.3 Å². The third-order valence-corrected chi connectivity index (χ3v) is 3.82. The predicted molar refractivity (Wildman–Crippen MR) is 90.2 cm³/mol. The number of ether oxygens (including phenoxy) is 2. The summed E-state index contributed by atoms with van der Waals surface area (Å²) in [5.41, 5.74) is 1.68. The Hall–Kier alpha value is -2.15. The van der Waals surface area contributed by atoms with Gasteiger partial charge in [-0.25, -0.2) is 9.18 Å². The Labute approximate surface area is 149 Å². The normalized spacial score (nSPS) is 12.0. The molecular formula is C18H18ClFO5. The van der Waals surface area contributed by atoms with Gasteiger partial charge in [0.1, 0.15) is 11.6 Å². The molecule has 0 aliphatic heterocycles. The summed E-state index contributed by atoms with van der Waals surface area (Å²) in [6.07, 6.45) is -1.51. The first-order valence-electron chi connectivity index (χ1n) is 7.49. The average Bonchev–Trinajstić information content (AvgIpc) is 2.57. The molecule has 25 heavy (non-hydrogen) atoms. The molecule has 2 aromatic carbocycles. The lowest BCUT2D eigenvalue weighted by Crippen LogP contribution is -2.22. The van der Waals surface area contributed by atoms with E-state index in [2.05, 4.69) is 0 Å². The monoisotopic (exact) mass is 368 g/mol. The Bertz CT molecular complexity index is 750. The summed E-state index contributed by atoms with van der Waals surface area (Å²) in [4.78, 5) is 10.8. The van der Waals surface area contributed by atoms with Gasteiger partial charge in [0.05, 0.1) is 20.3 Å². The highest BCUT2D eigenvalue weighted by Gasteiger charge is 2.15. The third kappa shape index (κ3) is 5.42. The molecule has 7 heteroatoms. The van der Waals surface area contributed by atoms with Crippen LogP contribution < -0.4 is 4.74 Å². The van der Waals surface area contributed by atoms with Crippen molar-refractivity contribution in [2.24, 2.45) is 0 Å². The van der Waals surface area contributed by atoms with E-state index in [4.69, 9.17) is 26.2 Å². The van der Waals surface area contributed by atoms with Gasteiger partial charge >= 0.3 is 5.97 Å². The number of rotatable bonds is 8. The SMILES string of the molecule is COc1ccc(CC(O)C(=O)O)cc1COCc1ccc(Cl)cc1F. The van der Waals surface area contributed by atoms with Gasteiger partial charge in [-0.1, -0.05) is 23.7 Å². The molecule has 0 spiro atoms. The molecule has 0 aliphatic rings.